The van der Waals surface area contributed by atoms with Crippen LogP contribution < -0.4 is 0 Å². The highest BCUT2D eigenvalue weighted by Gasteiger charge is 2.35. The largest absolute Gasteiger partial charge is 0.203 e. The molecule has 2 heteroatoms. The Hall–Kier alpha value is -1.44. The van der Waals surface area contributed by atoms with Gasteiger partial charge >= 0.3 is 0 Å². The number of benzene rings is 1. The number of rotatable bonds is 6. The molecule has 1 saturated carbocycles. The van der Waals surface area contributed by atoms with Crippen LogP contribution in [0.3, 0.4) is 0 Å². The van der Waals surface area contributed by atoms with Gasteiger partial charge in [-0.15, -0.1) is 6.58 Å². The Morgan fingerprint density at radius 3 is 2.00 bits per heavy atom. The topological polar surface area (TPSA) is 0 Å². The molecule has 0 unspecified atom stereocenters. The molecular weight excluding hydrogens is 326 g/mol. The van der Waals surface area contributed by atoms with Crippen LogP contribution in [-0.2, 0) is 6.42 Å². The number of halogens is 2. The lowest BCUT2D eigenvalue weighted by atomic mass is 9.63. The Balaban J connectivity index is 2.09. The lowest BCUT2D eigenvalue weighted by molar-refractivity contribution is 0.124. The van der Waals surface area contributed by atoms with Crippen molar-refractivity contribution in [2.45, 2.75) is 66.7 Å². The minimum atomic E-state index is -0.729. The third kappa shape index (κ3) is 4.45. The number of hydrogen-bond donors (Lipinski definition) is 0. The molecule has 0 N–H and O–H groups in total. The van der Waals surface area contributed by atoms with Crippen LogP contribution in [0.2, 0.25) is 0 Å². The molecule has 1 aliphatic rings. The maximum atomic E-state index is 14.3. The van der Waals surface area contributed by atoms with E-state index in [-0.39, 0.29) is 10.8 Å². The standard InChI is InChI=1S/C24H34F2/c1-7-17-9-10-18(22(26)21(17)25)15-16-24(5,6)20-13-11-19(12-14-20)23(3,4)8-2/h8-10,15-16,19-20H,2,7,11-14H2,1,3-6H3. The van der Waals surface area contributed by atoms with Gasteiger partial charge in [0.25, 0.3) is 0 Å². The van der Waals surface area contributed by atoms with Gasteiger partial charge in [0, 0.05) is 5.56 Å². The molecule has 0 radical (unpaired) electrons. The summed E-state index contributed by atoms with van der Waals surface area (Å²) in [6, 6.07) is 3.38. The number of hydrogen-bond acceptors (Lipinski definition) is 0. The SMILES string of the molecule is C=CC(C)(C)C1CCC(C(C)(C)C=Cc2ccc(CC)c(F)c2F)CC1. The molecule has 0 saturated heterocycles. The van der Waals surface area contributed by atoms with Crippen molar-refractivity contribution in [3.63, 3.8) is 0 Å². The molecule has 1 aromatic rings. The van der Waals surface area contributed by atoms with Crippen molar-refractivity contribution in [2.75, 3.05) is 0 Å². The highest BCUT2D eigenvalue weighted by Crippen LogP contribution is 2.46. The summed E-state index contributed by atoms with van der Waals surface area (Å²) >= 11 is 0. The van der Waals surface area contributed by atoms with Gasteiger partial charge < -0.3 is 0 Å². The quantitative estimate of drug-likeness (QED) is 0.458. The van der Waals surface area contributed by atoms with Gasteiger partial charge in [0.2, 0.25) is 0 Å². The van der Waals surface area contributed by atoms with Crippen LogP contribution in [0.1, 0.15) is 71.4 Å². The average molecular weight is 361 g/mol. The molecular formula is C24H34F2. The minimum Gasteiger partial charge on any atom is -0.203 e. The van der Waals surface area contributed by atoms with Gasteiger partial charge in [-0.2, -0.15) is 0 Å². The van der Waals surface area contributed by atoms with Gasteiger partial charge in [-0.3, -0.25) is 0 Å². The van der Waals surface area contributed by atoms with Crippen LogP contribution in [0.5, 0.6) is 0 Å². The van der Waals surface area contributed by atoms with Crippen LogP contribution in [0, 0.1) is 34.3 Å². The van der Waals surface area contributed by atoms with Crippen molar-refractivity contribution >= 4 is 6.08 Å². The van der Waals surface area contributed by atoms with Crippen LogP contribution in [0.4, 0.5) is 8.78 Å². The molecule has 0 spiro atoms. The summed E-state index contributed by atoms with van der Waals surface area (Å²) in [7, 11) is 0. The first-order valence-corrected chi connectivity index (χ1v) is 9.92. The summed E-state index contributed by atoms with van der Waals surface area (Å²) in [6.07, 6.45) is 11.2. The Morgan fingerprint density at radius 1 is 0.962 bits per heavy atom. The first-order valence-electron chi connectivity index (χ1n) is 9.92. The zero-order valence-corrected chi connectivity index (χ0v) is 17.0. The van der Waals surface area contributed by atoms with Gasteiger partial charge in [0.15, 0.2) is 11.6 Å². The third-order valence-corrected chi connectivity index (χ3v) is 6.62. The van der Waals surface area contributed by atoms with E-state index in [1.165, 1.54) is 25.7 Å². The van der Waals surface area contributed by atoms with E-state index in [1.54, 1.807) is 18.2 Å². The van der Waals surface area contributed by atoms with Gasteiger partial charge in [-0.1, -0.05) is 65.0 Å². The monoisotopic (exact) mass is 360 g/mol. The second kappa shape index (κ2) is 8.06. The second-order valence-corrected chi connectivity index (χ2v) is 9.02. The highest BCUT2D eigenvalue weighted by atomic mass is 19.2. The summed E-state index contributed by atoms with van der Waals surface area (Å²) in [5.74, 6) is -0.185. The van der Waals surface area contributed by atoms with E-state index in [4.69, 9.17) is 0 Å². The highest BCUT2D eigenvalue weighted by molar-refractivity contribution is 5.52. The van der Waals surface area contributed by atoms with Gasteiger partial charge in [0.1, 0.15) is 0 Å². The van der Waals surface area contributed by atoms with E-state index in [0.717, 1.165) is 0 Å². The lowest BCUT2D eigenvalue weighted by Gasteiger charge is -2.42. The minimum absolute atomic E-state index is 0.0321. The molecule has 0 amide bonds. The van der Waals surface area contributed by atoms with Crippen LogP contribution in [0.25, 0.3) is 6.08 Å². The van der Waals surface area contributed by atoms with Gasteiger partial charge in [-0.25, -0.2) is 8.78 Å². The summed E-state index contributed by atoms with van der Waals surface area (Å²) in [6.45, 7) is 14.8. The molecule has 0 nitrogen and oxygen atoms in total. The third-order valence-electron chi connectivity index (χ3n) is 6.62. The van der Waals surface area contributed by atoms with Crippen LogP contribution >= 0.6 is 0 Å². The molecule has 0 heterocycles. The summed E-state index contributed by atoms with van der Waals surface area (Å²) in [4.78, 5) is 0. The van der Waals surface area contributed by atoms with E-state index in [0.29, 0.717) is 29.4 Å². The first-order chi connectivity index (χ1) is 12.1. The van der Waals surface area contributed by atoms with Gasteiger partial charge in [0.05, 0.1) is 0 Å². The van der Waals surface area contributed by atoms with Crippen LogP contribution in [-0.4, -0.2) is 0 Å². The fourth-order valence-electron chi connectivity index (χ4n) is 4.19. The van der Waals surface area contributed by atoms with E-state index < -0.39 is 11.6 Å². The molecule has 0 aromatic heterocycles. The second-order valence-electron chi connectivity index (χ2n) is 9.02. The van der Waals surface area contributed by atoms with Crippen molar-refractivity contribution in [1.82, 2.24) is 0 Å². The molecule has 144 valence electrons. The Morgan fingerprint density at radius 2 is 1.50 bits per heavy atom. The van der Waals surface area contributed by atoms with E-state index in [9.17, 15) is 8.78 Å². The van der Waals surface area contributed by atoms with Crippen molar-refractivity contribution in [2.24, 2.45) is 22.7 Å². The van der Waals surface area contributed by atoms with Crippen molar-refractivity contribution in [3.05, 3.63) is 53.6 Å². The van der Waals surface area contributed by atoms with E-state index >= 15 is 0 Å². The van der Waals surface area contributed by atoms with Gasteiger partial charge in [-0.05, 0) is 60.3 Å². The summed E-state index contributed by atoms with van der Waals surface area (Å²) in [5.41, 5.74) is 0.929. The molecule has 1 aromatic carbocycles. The van der Waals surface area contributed by atoms with Crippen molar-refractivity contribution in [1.29, 1.82) is 0 Å². The van der Waals surface area contributed by atoms with E-state index in [1.807, 2.05) is 6.92 Å². The van der Waals surface area contributed by atoms with Crippen molar-refractivity contribution in [3.8, 4) is 0 Å². The average Bonchev–Trinajstić information content (AvgIpc) is 2.63. The molecule has 0 atom stereocenters. The summed E-state index contributed by atoms with van der Waals surface area (Å²) < 4.78 is 28.3. The fraction of sp³-hybridized carbons (Fsp3) is 0.583. The predicted molar refractivity (Wildman–Crippen MR) is 108 cm³/mol. The lowest BCUT2D eigenvalue weighted by Crippen LogP contribution is -2.31. The number of allylic oxidation sites excluding steroid dienone is 2. The van der Waals surface area contributed by atoms with E-state index in [2.05, 4.69) is 46.4 Å². The zero-order valence-electron chi connectivity index (χ0n) is 17.0. The Kier molecular flexibility index (Phi) is 6.47. The smallest absolute Gasteiger partial charge is 0.166 e. The maximum Gasteiger partial charge on any atom is 0.166 e. The fourth-order valence-corrected chi connectivity index (χ4v) is 4.19. The summed E-state index contributed by atoms with van der Waals surface area (Å²) in [5, 5.41) is 0. The number of aryl methyl sites for hydroxylation is 1. The molecule has 2 rings (SSSR count). The molecule has 1 fully saturated rings. The Bertz CT molecular complexity index is 659. The Labute approximate surface area is 158 Å². The maximum absolute atomic E-state index is 14.3. The first kappa shape index (κ1) is 20.9. The zero-order chi connectivity index (χ0) is 19.5. The predicted octanol–water partition coefficient (Wildman–Crippen LogP) is 7.59. The molecule has 1 aliphatic carbocycles. The molecule has 0 bridgehead atoms. The molecule has 26 heavy (non-hydrogen) atoms. The normalized spacial score (nSPS) is 22.0. The van der Waals surface area contributed by atoms with Crippen LogP contribution in [0.15, 0.2) is 30.9 Å². The van der Waals surface area contributed by atoms with Crippen molar-refractivity contribution < 1.29 is 8.78 Å². The molecule has 0 aliphatic heterocycles.